The molecule has 1 aromatic carbocycles. The number of benzene rings is 1. The van der Waals surface area contributed by atoms with Crippen LogP contribution in [0.3, 0.4) is 0 Å². The SMILES string of the molecule is OCCC(O)C(O)c1ccc2n[nH]nc2c1. The molecule has 2 unspecified atom stereocenters. The van der Waals surface area contributed by atoms with Crippen molar-refractivity contribution in [2.24, 2.45) is 0 Å². The highest BCUT2D eigenvalue weighted by Crippen LogP contribution is 2.21. The lowest BCUT2D eigenvalue weighted by molar-refractivity contribution is 0.00428. The Morgan fingerprint density at radius 1 is 1.19 bits per heavy atom. The summed E-state index contributed by atoms with van der Waals surface area (Å²) in [6, 6.07) is 5.04. The smallest absolute Gasteiger partial charge is 0.113 e. The predicted molar refractivity (Wildman–Crippen MR) is 56.6 cm³/mol. The Kier molecular flexibility index (Phi) is 3.14. The van der Waals surface area contributed by atoms with E-state index in [1.165, 1.54) is 0 Å². The van der Waals surface area contributed by atoms with E-state index in [0.717, 1.165) is 0 Å². The van der Waals surface area contributed by atoms with Crippen molar-refractivity contribution in [1.82, 2.24) is 15.4 Å². The summed E-state index contributed by atoms with van der Waals surface area (Å²) >= 11 is 0. The molecule has 1 aromatic heterocycles. The third-order valence-electron chi connectivity index (χ3n) is 2.47. The minimum atomic E-state index is -1.02. The molecule has 2 rings (SSSR count). The van der Waals surface area contributed by atoms with Crippen LogP contribution < -0.4 is 0 Å². The number of nitrogens with zero attached hydrogens (tertiary/aromatic N) is 2. The van der Waals surface area contributed by atoms with Gasteiger partial charge in [0, 0.05) is 6.61 Å². The second-order valence-electron chi connectivity index (χ2n) is 3.60. The number of aromatic amines is 1. The van der Waals surface area contributed by atoms with E-state index in [1.54, 1.807) is 18.2 Å². The van der Waals surface area contributed by atoms with Crippen LogP contribution in [0.25, 0.3) is 11.0 Å². The van der Waals surface area contributed by atoms with E-state index < -0.39 is 12.2 Å². The van der Waals surface area contributed by atoms with Gasteiger partial charge in [-0.3, -0.25) is 0 Å². The van der Waals surface area contributed by atoms with E-state index in [0.29, 0.717) is 16.6 Å². The number of rotatable bonds is 4. The van der Waals surface area contributed by atoms with Crippen molar-refractivity contribution in [3.63, 3.8) is 0 Å². The average Bonchev–Trinajstić information content (AvgIpc) is 2.75. The molecule has 0 fully saturated rings. The van der Waals surface area contributed by atoms with Crippen LogP contribution in [0.2, 0.25) is 0 Å². The molecule has 1 heterocycles. The number of aromatic nitrogens is 3. The molecule has 4 N–H and O–H groups in total. The minimum absolute atomic E-state index is 0.137. The Morgan fingerprint density at radius 3 is 2.69 bits per heavy atom. The summed E-state index contributed by atoms with van der Waals surface area (Å²) in [6.45, 7) is -0.162. The normalized spacial score (nSPS) is 15.2. The molecule has 0 saturated carbocycles. The first-order valence-electron chi connectivity index (χ1n) is 5.00. The molecule has 0 spiro atoms. The molecule has 0 radical (unpaired) electrons. The summed E-state index contributed by atoms with van der Waals surface area (Å²) in [6.07, 6.45) is -1.86. The molecule has 86 valence electrons. The molecule has 16 heavy (non-hydrogen) atoms. The van der Waals surface area contributed by atoms with Gasteiger partial charge in [0.15, 0.2) is 0 Å². The number of aliphatic hydroxyl groups excluding tert-OH is 3. The fraction of sp³-hybridized carbons (Fsp3) is 0.400. The van der Waals surface area contributed by atoms with E-state index in [2.05, 4.69) is 15.4 Å². The number of nitrogens with one attached hydrogen (secondary N) is 1. The van der Waals surface area contributed by atoms with Crippen molar-refractivity contribution in [3.05, 3.63) is 23.8 Å². The summed E-state index contributed by atoms with van der Waals surface area (Å²) in [7, 11) is 0. The van der Waals surface area contributed by atoms with Gasteiger partial charge >= 0.3 is 0 Å². The number of hydrogen-bond donors (Lipinski definition) is 4. The van der Waals surface area contributed by atoms with Gasteiger partial charge < -0.3 is 15.3 Å². The van der Waals surface area contributed by atoms with Crippen molar-refractivity contribution < 1.29 is 15.3 Å². The van der Waals surface area contributed by atoms with Crippen molar-refractivity contribution in [2.75, 3.05) is 6.61 Å². The topological polar surface area (TPSA) is 102 Å². The highest BCUT2D eigenvalue weighted by atomic mass is 16.3. The first kappa shape index (κ1) is 11.0. The van der Waals surface area contributed by atoms with E-state index in [1.807, 2.05) is 0 Å². The van der Waals surface area contributed by atoms with Gasteiger partial charge in [-0.15, -0.1) is 0 Å². The zero-order chi connectivity index (χ0) is 11.5. The molecule has 0 amide bonds. The predicted octanol–water partition coefficient (Wildman–Crippen LogP) is -0.265. The molecular weight excluding hydrogens is 210 g/mol. The molecular formula is C10H13N3O3. The Morgan fingerprint density at radius 2 is 1.94 bits per heavy atom. The highest BCUT2D eigenvalue weighted by molar-refractivity contribution is 5.74. The maximum atomic E-state index is 9.80. The van der Waals surface area contributed by atoms with Gasteiger partial charge in [0.05, 0.1) is 6.10 Å². The summed E-state index contributed by atoms with van der Waals surface area (Å²) in [5.74, 6) is 0. The van der Waals surface area contributed by atoms with Crippen LogP contribution in [-0.2, 0) is 0 Å². The van der Waals surface area contributed by atoms with Crippen LogP contribution in [0.4, 0.5) is 0 Å². The largest absolute Gasteiger partial charge is 0.396 e. The first-order valence-corrected chi connectivity index (χ1v) is 5.00. The van der Waals surface area contributed by atoms with Gasteiger partial charge in [0.1, 0.15) is 17.1 Å². The second kappa shape index (κ2) is 4.56. The maximum Gasteiger partial charge on any atom is 0.113 e. The van der Waals surface area contributed by atoms with Crippen LogP contribution in [0, 0.1) is 0 Å². The van der Waals surface area contributed by atoms with Crippen molar-refractivity contribution in [2.45, 2.75) is 18.6 Å². The van der Waals surface area contributed by atoms with Gasteiger partial charge in [-0.05, 0) is 24.1 Å². The van der Waals surface area contributed by atoms with E-state index in [9.17, 15) is 10.2 Å². The number of hydrogen-bond acceptors (Lipinski definition) is 5. The lowest BCUT2D eigenvalue weighted by Crippen LogP contribution is -2.19. The lowest BCUT2D eigenvalue weighted by Gasteiger charge is -2.16. The summed E-state index contributed by atoms with van der Waals surface area (Å²) in [4.78, 5) is 0. The van der Waals surface area contributed by atoms with Crippen LogP contribution in [0.5, 0.6) is 0 Å². The molecule has 6 heteroatoms. The monoisotopic (exact) mass is 223 g/mol. The van der Waals surface area contributed by atoms with Gasteiger partial charge in [0.2, 0.25) is 0 Å². The Hall–Kier alpha value is -1.50. The van der Waals surface area contributed by atoms with E-state index >= 15 is 0 Å². The van der Waals surface area contributed by atoms with Gasteiger partial charge in [-0.2, -0.15) is 15.4 Å². The Labute approximate surface area is 91.5 Å². The van der Waals surface area contributed by atoms with Crippen LogP contribution in [0.1, 0.15) is 18.1 Å². The molecule has 0 aliphatic rings. The highest BCUT2D eigenvalue weighted by Gasteiger charge is 2.18. The first-order chi connectivity index (χ1) is 7.72. The number of H-pyrrole nitrogens is 1. The average molecular weight is 223 g/mol. The molecule has 6 nitrogen and oxygen atoms in total. The third-order valence-corrected chi connectivity index (χ3v) is 2.47. The van der Waals surface area contributed by atoms with Crippen LogP contribution in [0.15, 0.2) is 18.2 Å². The molecule has 2 atom stereocenters. The zero-order valence-corrected chi connectivity index (χ0v) is 8.54. The van der Waals surface area contributed by atoms with Crippen LogP contribution >= 0.6 is 0 Å². The standard InChI is InChI=1S/C10H13N3O3/c14-4-3-9(15)10(16)6-1-2-7-8(5-6)12-13-11-7/h1-2,5,9-10,14-16H,3-4H2,(H,11,12,13). The molecule has 0 saturated heterocycles. The van der Waals surface area contributed by atoms with E-state index in [4.69, 9.17) is 5.11 Å². The van der Waals surface area contributed by atoms with Crippen molar-refractivity contribution in [3.8, 4) is 0 Å². The third kappa shape index (κ3) is 2.04. The van der Waals surface area contributed by atoms with Gasteiger partial charge in [0.25, 0.3) is 0 Å². The minimum Gasteiger partial charge on any atom is -0.396 e. The fourth-order valence-electron chi connectivity index (χ4n) is 1.55. The second-order valence-corrected chi connectivity index (χ2v) is 3.60. The van der Waals surface area contributed by atoms with E-state index in [-0.39, 0.29) is 13.0 Å². The summed E-state index contributed by atoms with van der Waals surface area (Å²) < 4.78 is 0. The molecule has 2 aromatic rings. The Bertz CT molecular complexity index is 471. The lowest BCUT2D eigenvalue weighted by atomic mass is 10.0. The molecule has 0 aliphatic carbocycles. The van der Waals surface area contributed by atoms with Crippen molar-refractivity contribution in [1.29, 1.82) is 0 Å². The summed E-state index contributed by atoms with van der Waals surface area (Å²) in [5, 5.41) is 38.3. The maximum absolute atomic E-state index is 9.80. The quantitative estimate of drug-likeness (QED) is 0.571. The van der Waals surface area contributed by atoms with Crippen LogP contribution in [-0.4, -0.2) is 43.4 Å². The fourth-order valence-corrected chi connectivity index (χ4v) is 1.55. The number of aliphatic hydroxyl groups is 3. The molecule has 0 bridgehead atoms. The summed E-state index contributed by atoms with van der Waals surface area (Å²) in [5.41, 5.74) is 1.89. The van der Waals surface area contributed by atoms with Gasteiger partial charge in [-0.1, -0.05) is 6.07 Å². The zero-order valence-electron chi connectivity index (χ0n) is 8.54. The van der Waals surface area contributed by atoms with Gasteiger partial charge in [-0.25, -0.2) is 0 Å². The Balaban J connectivity index is 2.24. The van der Waals surface area contributed by atoms with Crippen molar-refractivity contribution >= 4 is 11.0 Å². The molecule has 0 aliphatic heterocycles. The number of fused-ring (bicyclic) bond motifs is 1.